The first kappa shape index (κ1) is 32.2. The predicted octanol–water partition coefficient (Wildman–Crippen LogP) is 6.48. The number of para-hydroxylation sites is 1. The molecule has 0 heterocycles. The lowest BCUT2D eigenvalue weighted by Crippen LogP contribution is -2.54. The summed E-state index contributed by atoms with van der Waals surface area (Å²) in [5, 5.41) is 5.89. The van der Waals surface area contributed by atoms with Gasteiger partial charge < -0.3 is 20.3 Å². The number of aryl methyl sites for hydroxylation is 4. The molecule has 214 valence electrons. The summed E-state index contributed by atoms with van der Waals surface area (Å²) in [4.78, 5) is 42.7. The topological polar surface area (TPSA) is 87.7 Å². The van der Waals surface area contributed by atoms with Crippen molar-refractivity contribution < 1.29 is 19.1 Å². The Morgan fingerprint density at radius 3 is 2.03 bits per heavy atom. The summed E-state index contributed by atoms with van der Waals surface area (Å²) in [7, 11) is 0. The fourth-order valence-corrected chi connectivity index (χ4v) is 5.08. The van der Waals surface area contributed by atoms with E-state index in [-0.39, 0.29) is 17.9 Å². The summed E-state index contributed by atoms with van der Waals surface area (Å²) in [6, 6.07) is 9.69. The molecule has 2 aromatic rings. The number of hydrogen-bond acceptors (Lipinski definition) is 5. The average molecular weight is 556 g/mol. The third kappa shape index (κ3) is 9.31. The highest BCUT2D eigenvalue weighted by Gasteiger charge is 2.38. The number of benzene rings is 2. The van der Waals surface area contributed by atoms with E-state index in [0.29, 0.717) is 12.2 Å². The van der Waals surface area contributed by atoms with Gasteiger partial charge in [-0.1, -0.05) is 47.5 Å². The molecule has 3 amide bonds. The Morgan fingerprint density at radius 1 is 0.974 bits per heavy atom. The third-order valence-corrected chi connectivity index (χ3v) is 6.87. The molecular weight excluding hydrogens is 510 g/mol. The second kappa shape index (κ2) is 13.9. The number of alkyl carbamates (subject to hydrolysis) is 1. The van der Waals surface area contributed by atoms with Crippen LogP contribution in [0.1, 0.15) is 74.9 Å². The molecule has 2 aromatic carbocycles. The lowest BCUT2D eigenvalue weighted by Gasteiger charge is -2.37. The van der Waals surface area contributed by atoms with Crippen molar-refractivity contribution in [2.75, 3.05) is 17.3 Å². The maximum Gasteiger partial charge on any atom is 0.408 e. The van der Waals surface area contributed by atoms with Crippen LogP contribution in [0.25, 0.3) is 0 Å². The Morgan fingerprint density at radius 2 is 1.54 bits per heavy atom. The van der Waals surface area contributed by atoms with Crippen molar-refractivity contribution in [2.24, 2.45) is 0 Å². The number of rotatable bonds is 10. The van der Waals surface area contributed by atoms with Gasteiger partial charge in [0.1, 0.15) is 17.7 Å². The molecule has 0 saturated carbocycles. The second-order valence-electron chi connectivity index (χ2n) is 11.4. The normalized spacial score (nSPS) is 13.0. The molecule has 0 aromatic heterocycles. The zero-order chi connectivity index (χ0) is 29.5. The summed E-state index contributed by atoms with van der Waals surface area (Å²) in [5.41, 5.74) is 4.62. The number of hydrogen-bond donors (Lipinski definition) is 2. The molecule has 8 heteroatoms. The third-order valence-electron chi connectivity index (χ3n) is 6.23. The molecule has 0 radical (unpaired) electrons. The Kier molecular flexibility index (Phi) is 11.5. The summed E-state index contributed by atoms with van der Waals surface area (Å²) in [6.45, 7) is 17.0. The molecule has 0 aliphatic heterocycles. The number of carbonyl (C=O) groups is 3. The maximum absolute atomic E-state index is 14.2. The Labute approximate surface area is 238 Å². The zero-order valence-electron chi connectivity index (χ0n) is 25.1. The number of ether oxygens (including phenoxy) is 1. The SMILES string of the molecule is CSCCC(NC(=O)OC(C)(C)C)C(=O)N(C(C)C)C(C(=O)Nc1c(C)cccc1C)c1cc(C)cc(C)c1. The van der Waals surface area contributed by atoms with Crippen molar-refractivity contribution in [1.82, 2.24) is 10.2 Å². The number of nitrogens with one attached hydrogen (secondary N) is 2. The Hall–Kier alpha value is -3.00. The summed E-state index contributed by atoms with van der Waals surface area (Å²) < 4.78 is 5.46. The van der Waals surface area contributed by atoms with Crippen LogP contribution in [-0.4, -0.2) is 52.5 Å². The minimum absolute atomic E-state index is 0.305. The molecule has 0 aliphatic rings. The van der Waals surface area contributed by atoms with Gasteiger partial charge in [0, 0.05) is 11.7 Å². The van der Waals surface area contributed by atoms with E-state index in [0.717, 1.165) is 33.5 Å². The van der Waals surface area contributed by atoms with Gasteiger partial charge in [0.25, 0.3) is 5.91 Å². The number of anilines is 1. The maximum atomic E-state index is 14.2. The van der Waals surface area contributed by atoms with Crippen LogP contribution < -0.4 is 10.6 Å². The summed E-state index contributed by atoms with van der Waals surface area (Å²) in [5.74, 6) is 0.0205. The fraction of sp³-hybridized carbons (Fsp3) is 0.516. The average Bonchev–Trinajstić information content (AvgIpc) is 2.79. The Balaban J connectivity index is 2.59. The van der Waals surface area contributed by atoms with E-state index in [2.05, 4.69) is 10.6 Å². The highest BCUT2D eigenvalue weighted by Crippen LogP contribution is 2.30. The molecule has 2 rings (SSSR count). The molecule has 0 bridgehead atoms. The smallest absolute Gasteiger partial charge is 0.408 e. The number of amides is 3. The van der Waals surface area contributed by atoms with Crippen LogP contribution in [-0.2, 0) is 14.3 Å². The van der Waals surface area contributed by atoms with Gasteiger partial charge in [0.05, 0.1) is 0 Å². The van der Waals surface area contributed by atoms with E-state index in [4.69, 9.17) is 4.74 Å². The van der Waals surface area contributed by atoms with Gasteiger partial charge in [0.15, 0.2) is 0 Å². The van der Waals surface area contributed by atoms with Gasteiger partial charge in [-0.2, -0.15) is 11.8 Å². The van der Waals surface area contributed by atoms with Crippen LogP contribution in [0.4, 0.5) is 10.5 Å². The van der Waals surface area contributed by atoms with Crippen LogP contribution in [0, 0.1) is 27.7 Å². The molecule has 7 nitrogen and oxygen atoms in total. The van der Waals surface area contributed by atoms with E-state index in [1.165, 1.54) is 0 Å². The monoisotopic (exact) mass is 555 g/mol. The molecule has 0 fully saturated rings. The van der Waals surface area contributed by atoms with E-state index in [1.54, 1.807) is 37.4 Å². The molecule has 39 heavy (non-hydrogen) atoms. The minimum Gasteiger partial charge on any atom is -0.444 e. The van der Waals surface area contributed by atoms with Gasteiger partial charge in [-0.3, -0.25) is 9.59 Å². The van der Waals surface area contributed by atoms with Crippen molar-refractivity contribution in [3.8, 4) is 0 Å². The summed E-state index contributed by atoms with van der Waals surface area (Å²) in [6.07, 6.45) is 1.69. The largest absolute Gasteiger partial charge is 0.444 e. The lowest BCUT2D eigenvalue weighted by molar-refractivity contribution is -0.143. The number of carbonyl (C=O) groups excluding carboxylic acids is 3. The van der Waals surface area contributed by atoms with Crippen molar-refractivity contribution >= 4 is 35.4 Å². The van der Waals surface area contributed by atoms with E-state index >= 15 is 0 Å². The molecular formula is C31H45N3O4S. The van der Waals surface area contributed by atoms with Crippen LogP contribution in [0.3, 0.4) is 0 Å². The number of nitrogens with zero attached hydrogens (tertiary/aromatic N) is 1. The molecule has 2 N–H and O–H groups in total. The lowest BCUT2D eigenvalue weighted by atomic mass is 9.96. The minimum atomic E-state index is -0.910. The predicted molar refractivity (Wildman–Crippen MR) is 161 cm³/mol. The van der Waals surface area contributed by atoms with E-state index in [9.17, 15) is 14.4 Å². The van der Waals surface area contributed by atoms with Crippen LogP contribution >= 0.6 is 11.8 Å². The van der Waals surface area contributed by atoms with Gasteiger partial charge in [-0.15, -0.1) is 0 Å². The van der Waals surface area contributed by atoms with Crippen LogP contribution in [0.5, 0.6) is 0 Å². The quantitative estimate of drug-likeness (QED) is 0.350. The molecule has 0 saturated heterocycles. The second-order valence-corrected chi connectivity index (χ2v) is 12.4. The van der Waals surface area contributed by atoms with Crippen LogP contribution in [0.2, 0.25) is 0 Å². The van der Waals surface area contributed by atoms with Gasteiger partial charge >= 0.3 is 6.09 Å². The first-order valence-corrected chi connectivity index (χ1v) is 14.8. The molecule has 0 spiro atoms. The van der Waals surface area contributed by atoms with Crippen LogP contribution in [0.15, 0.2) is 36.4 Å². The van der Waals surface area contributed by atoms with Gasteiger partial charge in [0.2, 0.25) is 5.91 Å². The molecule has 2 atom stereocenters. The van der Waals surface area contributed by atoms with E-state index < -0.39 is 23.8 Å². The van der Waals surface area contributed by atoms with Crippen molar-refractivity contribution in [1.29, 1.82) is 0 Å². The highest BCUT2D eigenvalue weighted by atomic mass is 32.2. The fourth-order valence-electron chi connectivity index (χ4n) is 4.61. The number of thioether (sulfide) groups is 1. The Bertz CT molecular complexity index is 1130. The van der Waals surface area contributed by atoms with Crippen molar-refractivity contribution in [3.05, 3.63) is 64.2 Å². The van der Waals surface area contributed by atoms with Gasteiger partial charge in [-0.05, 0) is 97.4 Å². The first-order valence-electron chi connectivity index (χ1n) is 13.4. The van der Waals surface area contributed by atoms with E-state index in [1.807, 2.05) is 84.2 Å². The molecule has 0 aliphatic carbocycles. The first-order chi connectivity index (χ1) is 18.1. The standard InChI is InChI=1S/C31H45N3O4S/c1-19(2)34(29(36)25(14-15-39-10)32-30(37)38-31(7,8)9)27(24-17-20(3)16-21(4)18-24)28(35)33-26-22(5)12-11-13-23(26)6/h11-13,16-19,25,27H,14-15H2,1-10H3,(H,32,37)(H,33,35). The van der Waals surface area contributed by atoms with Gasteiger partial charge in [-0.25, -0.2) is 4.79 Å². The highest BCUT2D eigenvalue weighted by molar-refractivity contribution is 7.98. The zero-order valence-corrected chi connectivity index (χ0v) is 25.9. The molecule has 2 unspecified atom stereocenters. The van der Waals surface area contributed by atoms with Crippen molar-refractivity contribution in [3.63, 3.8) is 0 Å². The van der Waals surface area contributed by atoms with Crippen molar-refractivity contribution in [2.45, 2.75) is 92.5 Å². The summed E-state index contributed by atoms with van der Waals surface area (Å²) >= 11 is 1.59.